The molecule has 1 aliphatic carbocycles. The summed E-state index contributed by atoms with van der Waals surface area (Å²) in [6, 6.07) is 10.8. The first-order chi connectivity index (χ1) is 6.90. The molecule has 0 nitrogen and oxygen atoms in total. The topological polar surface area (TPSA) is 0 Å². The monoisotopic (exact) mass is 206 g/mol. The van der Waals surface area contributed by atoms with Crippen LogP contribution in [-0.4, -0.2) is 5.25 Å². The van der Waals surface area contributed by atoms with Gasteiger partial charge in [0.15, 0.2) is 0 Å². The Bertz CT molecular complexity index is 268. The highest BCUT2D eigenvalue weighted by Crippen LogP contribution is 2.40. The standard InChI is InChI=1S/C13H18S/c1-2-11-7-6-10-13(11)14-12-8-4-3-5-9-12/h3-5,8-9,11,13H,2,6-7,10H2,1H3/t11-,13-/m0/s1. The van der Waals surface area contributed by atoms with Gasteiger partial charge in [-0.05, 0) is 30.9 Å². The number of hydrogen-bond donors (Lipinski definition) is 0. The Kier molecular flexibility index (Phi) is 3.52. The summed E-state index contributed by atoms with van der Waals surface area (Å²) in [5, 5.41) is 0.877. The summed E-state index contributed by atoms with van der Waals surface area (Å²) in [6.45, 7) is 2.33. The maximum absolute atomic E-state index is 2.33. The molecule has 76 valence electrons. The molecule has 0 amide bonds. The Morgan fingerprint density at radius 3 is 2.71 bits per heavy atom. The second kappa shape index (κ2) is 4.88. The summed E-state index contributed by atoms with van der Waals surface area (Å²) >= 11 is 2.08. The lowest BCUT2D eigenvalue weighted by molar-refractivity contribution is 0.541. The highest BCUT2D eigenvalue weighted by molar-refractivity contribution is 8.00. The van der Waals surface area contributed by atoms with E-state index in [-0.39, 0.29) is 0 Å². The van der Waals surface area contributed by atoms with Crippen molar-refractivity contribution >= 4 is 11.8 Å². The van der Waals surface area contributed by atoms with Crippen LogP contribution in [0.4, 0.5) is 0 Å². The van der Waals surface area contributed by atoms with Crippen molar-refractivity contribution in [3.8, 4) is 0 Å². The fourth-order valence-corrected chi connectivity index (χ4v) is 3.77. The van der Waals surface area contributed by atoms with E-state index in [0.717, 1.165) is 11.2 Å². The van der Waals surface area contributed by atoms with Crippen LogP contribution >= 0.6 is 11.8 Å². The number of rotatable bonds is 3. The highest BCUT2D eigenvalue weighted by atomic mass is 32.2. The molecule has 0 aliphatic heterocycles. The molecule has 1 heteroatoms. The first-order valence-corrected chi connectivity index (χ1v) is 6.50. The van der Waals surface area contributed by atoms with E-state index in [0.29, 0.717) is 0 Å². The fourth-order valence-electron chi connectivity index (χ4n) is 2.30. The summed E-state index contributed by atoms with van der Waals surface area (Å²) in [5.74, 6) is 0.959. The Balaban J connectivity index is 1.97. The fraction of sp³-hybridized carbons (Fsp3) is 0.538. The molecule has 0 saturated heterocycles. The van der Waals surface area contributed by atoms with Crippen LogP contribution in [0.5, 0.6) is 0 Å². The largest absolute Gasteiger partial charge is 0.122 e. The summed E-state index contributed by atoms with van der Waals surface area (Å²) in [5.41, 5.74) is 0. The zero-order valence-electron chi connectivity index (χ0n) is 8.78. The van der Waals surface area contributed by atoms with Crippen LogP contribution in [0.3, 0.4) is 0 Å². The van der Waals surface area contributed by atoms with E-state index in [4.69, 9.17) is 0 Å². The highest BCUT2D eigenvalue weighted by Gasteiger charge is 2.26. The van der Waals surface area contributed by atoms with Crippen molar-refractivity contribution in [3.63, 3.8) is 0 Å². The molecule has 1 saturated carbocycles. The number of thioether (sulfide) groups is 1. The smallest absolute Gasteiger partial charge is 0.0123 e. The van der Waals surface area contributed by atoms with E-state index in [1.165, 1.54) is 30.6 Å². The molecule has 1 aliphatic rings. The van der Waals surface area contributed by atoms with Crippen LogP contribution in [0.15, 0.2) is 35.2 Å². The van der Waals surface area contributed by atoms with Crippen LogP contribution in [-0.2, 0) is 0 Å². The lowest BCUT2D eigenvalue weighted by Crippen LogP contribution is -2.08. The molecular weight excluding hydrogens is 188 g/mol. The minimum Gasteiger partial charge on any atom is -0.122 e. The van der Waals surface area contributed by atoms with Gasteiger partial charge >= 0.3 is 0 Å². The average Bonchev–Trinajstić information content (AvgIpc) is 2.67. The summed E-state index contributed by atoms with van der Waals surface area (Å²) in [6.07, 6.45) is 5.65. The Morgan fingerprint density at radius 2 is 2.00 bits per heavy atom. The molecule has 1 fully saturated rings. The van der Waals surface area contributed by atoms with Crippen LogP contribution in [0.1, 0.15) is 32.6 Å². The van der Waals surface area contributed by atoms with E-state index in [1.54, 1.807) is 0 Å². The third-order valence-electron chi connectivity index (χ3n) is 3.14. The van der Waals surface area contributed by atoms with E-state index in [9.17, 15) is 0 Å². The molecule has 14 heavy (non-hydrogen) atoms. The second-order valence-electron chi connectivity index (χ2n) is 4.07. The van der Waals surface area contributed by atoms with Gasteiger partial charge in [-0.2, -0.15) is 0 Å². The molecule has 0 aromatic heterocycles. The zero-order valence-corrected chi connectivity index (χ0v) is 9.59. The van der Waals surface area contributed by atoms with Crippen LogP contribution in [0.25, 0.3) is 0 Å². The molecule has 1 aromatic carbocycles. The normalized spacial score (nSPS) is 26.6. The van der Waals surface area contributed by atoms with E-state index < -0.39 is 0 Å². The average molecular weight is 206 g/mol. The number of benzene rings is 1. The van der Waals surface area contributed by atoms with Gasteiger partial charge in [0.25, 0.3) is 0 Å². The van der Waals surface area contributed by atoms with Crippen molar-refractivity contribution in [2.75, 3.05) is 0 Å². The summed E-state index contributed by atoms with van der Waals surface area (Å²) < 4.78 is 0. The third-order valence-corrected chi connectivity index (χ3v) is 4.61. The Morgan fingerprint density at radius 1 is 1.21 bits per heavy atom. The first kappa shape index (κ1) is 10.1. The molecule has 0 radical (unpaired) electrons. The van der Waals surface area contributed by atoms with Crippen LogP contribution in [0.2, 0.25) is 0 Å². The van der Waals surface area contributed by atoms with Gasteiger partial charge in [-0.1, -0.05) is 38.0 Å². The quantitative estimate of drug-likeness (QED) is 0.708. The van der Waals surface area contributed by atoms with Crippen molar-refractivity contribution in [3.05, 3.63) is 30.3 Å². The first-order valence-electron chi connectivity index (χ1n) is 5.62. The summed E-state index contributed by atoms with van der Waals surface area (Å²) in [4.78, 5) is 1.44. The van der Waals surface area contributed by atoms with Crippen LogP contribution in [0, 0.1) is 5.92 Å². The van der Waals surface area contributed by atoms with Gasteiger partial charge in [-0.3, -0.25) is 0 Å². The van der Waals surface area contributed by atoms with Crippen molar-refractivity contribution in [2.24, 2.45) is 5.92 Å². The molecule has 0 N–H and O–H groups in total. The minimum atomic E-state index is 0.877. The van der Waals surface area contributed by atoms with E-state index in [2.05, 4.69) is 49.0 Å². The maximum atomic E-state index is 2.33. The van der Waals surface area contributed by atoms with Gasteiger partial charge in [0.1, 0.15) is 0 Å². The molecule has 1 aromatic rings. The predicted octanol–water partition coefficient (Wildman–Crippen LogP) is 4.36. The Hall–Kier alpha value is -0.430. The van der Waals surface area contributed by atoms with Gasteiger partial charge in [0, 0.05) is 10.1 Å². The lowest BCUT2D eigenvalue weighted by Gasteiger charge is -2.17. The lowest BCUT2D eigenvalue weighted by atomic mass is 10.1. The third kappa shape index (κ3) is 2.33. The molecule has 0 spiro atoms. The maximum Gasteiger partial charge on any atom is 0.0123 e. The van der Waals surface area contributed by atoms with Crippen LogP contribution < -0.4 is 0 Å². The molecule has 0 unspecified atom stereocenters. The van der Waals surface area contributed by atoms with E-state index >= 15 is 0 Å². The van der Waals surface area contributed by atoms with Crippen molar-refractivity contribution < 1.29 is 0 Å². The van der Waals surface area contributed by atoms with Crippen molar-refractivity contribution in [1.82, 2.24) is 0 Å². The summed E-state index contributed by atoms with van der Waals surface area (Å²) in [7, 11) is 0. The van der Waals surface area contributed by atoms with Gasteiger partial charge < -0.3 is 0 Å². The molecule has 2 atom stereocenters. The number of hydrogen-bond acceptors (Lipinski definition) is 1. The molecule has 0 heterocycles. The van der Waals surface area contributed by atoms with E-state index in [1.807, 2.05) is 0 Å². The molecule has 2 rings (SSSR count). The minimum absolute atomic E-state index is 0.877. The Labute approximate surface area is 91.1 Å². The molecular formula is C13H18S. The predicted molar refractivity (Wildman–Crippen MR) is 63.7 cm³/mol. The van der Waals surface area contributed by atoms with Gasteiger partial charge in [0.05, 0.1) is 0 Å². The van der Waals surface area contributed by atoms with Crippen molar-refractivity contribution in [2.45, 2.75) is 42.8 Å². The molecule has 0 bridgehead atoms. The SMILES string of the molecule is CC[C@H]1CCC[C@@H]1Sc1ccccc1. The zero-order chi connectivity index (χ0) is 9.80. The second-order valence-corrected chi connectivity index (χ2v) is 5.38. The van der Waals surface area contributed by atoms with Gasteiger partial charge in [-0.15, -0.1) is 11.8 Å². The van der Waals surface area contributed by atoms with Gasteiger partial charge in [0.2, 0.25) is 0 Å². The van der Waals surface area contributed by atoms with Crippen molar-refractivity contribution in [1.29, 1.82) is 0 Å². The van der Waals surface area contributed by atoms with Gasteiger partial charge in [-0.25, -0.2) is 0 Å².